The quantitative estimate of drug-likeness (QED) is 0.379. The van der Waals surface area contributed by atoms with Crippen LogP contribution in [0.5, 0.6) is 0 Å². The summed E-state index contributed by atoms with van der Waals surface area (Å²) in [6, 6.07) is 33.4. The van der Waals surface area contributed by atoms with Gasteiger partial charge < -0.3 is 0 Å². The van der Waals surface area contributed by atoms with Crippen LogP contribution in [0.3, 0.4) is 0 Å². The van der Waals surface area contributed by atoms with Crippen molar-refractivity contribution < 1.29 is 4.70 Å². The van der Waals surface area contributed by atoms with E-state index in [1.54, 1.807) is 0 Å². The lowest BCUT2D eigenvalue weighted by atomic mass is 10.1. The van der Waals surface area contributed by atoms with Gasteiger partial charge in [0, 0.05) is 0 Å². The topological polar surface area (TPSA) is 0 Å². The number of halogens is 1. The Morgan fingerprint density at radius 1 is 0.286 bits per heavy atom. The average molecular weight is 276 g/mol. The summed E-state index contributed by atoms with van der Waals surface area (Å²) in [5, 5.41) is 5.24. The molecular formula is C20H17F. The Morgan fingerprint density at radius 2 is 0.429 bits per heavy atom. The summed E-state index contributed by atoms with van der Waals surface area (Å²) >= 11 is 0. The van der Waals surface area contributed by atoms with Crippen LogP contribution in [-0.4, -0.2) is 0 Å². The zero-order valence-electron chi connectivity index (χ0n) is 11.6. The second-order valence-corrected chi connectivity index (χ2v) is 4.69. The molecule has 0 heterocycles. The highest BCUT2D eigenvalue weighted by molar-refractivity contribution is 5.82. The SMILES string of the molecule is F.c1ccc2ccccc2c1.c1ccc2ccccc2c1. The molecule has 0 saturated carbocycles. The van der Waals surface area contributed by atoms with Crippen molar-refractivity contribution >= 4 is 21.5 Å². The van der Waals surface area contributed by atoms with Gasteiger partial charge in [-0.05, 0) is 21.5 Å². The third kappa shape index (κ3) is 3.67. The molecule has 0 N–H and O–H groups in total. The van der Waals surface area contributed by atoms with Crippen LogP contribution in [-0.2, 0) is 0 Å². The summed E-state index contributed by atoms with van der Waals surface area (Å²) < 4.78 is 0. The van der Waals surface area contributed by atoms with Gasteiger partial charge in [-0.15, -0.1) is 0 Å². The number of fused-ring (bicyclic) bond motifs is 2. The largest absolute Gasteiger partial charge is 0.269 e. The summed E-state index contributed by atoms with van der Waals surface area (Å²) in [5.41, 5.74) is 0. The van der Waals surface area contributed by atoms with Crippen molar-refractivity contribution in [2.75, 3.05) is 0 Å². The molecule has 0 amide bonds. The summed E-state index contributed by atoms with van der Waals surface area (Å²) in [6.45, 7) is 0. The van der Waals surface area contributed by atoms with Crippen molar-refractivity contribution in [3.05, 3.63) is 97.1 Å². The van der Waals surface area contributed by atoms with E-state index in [-0.39, 0.29) is 4.70 Å². The summed E-state index contributed by atoms with van der Waals surface area (Å²) in [7, 11) is 0. The predicted molar refractivity (Wildman–Crippen MR) is 90.4 cm³/mol. The Labute approximate surface area is 124 Å². The fourth-order valence-electron chi connectivity index (χ4n) is 2.27. The minimum Gasteiger partial charge on any atom is -0.269 e. The molecule has 104 valence electrons. The summed E-state index contributed by atoms with van der Waals surface area (Å²) in [6.07, 6.45) is 0. The molecule has 0 fully saturated rings. The maximum absolute atomic E-state index is 2.12. The molecule has 4 aromatic rings. The standard InChI is InChI=1S/2C10H8.FH/c2*1-2-6-10-8-4-3-7-9(10)5-1;/h2*1-8H;1H. The third-order valence-corrected chi connectivity index (χ3v) is 3.32. The van der Waals surface area contributed by atoms with Gasteiger partial charge in [-0.1, -0.05) is 97.1 Å². The Morgan fingerprint density at radius 3 is 0.571 bits per heavy atom. The van der Waals surface area contributed by atoms with Crippen LogP contribution in [0.15, 0.2) is 97.1 Å². The molecule has 21 heavy (non-hydrogen) atoms. The van der Waals surface area contributed by atoms with E-state index < -0.39 is 0 Å². The van der Waals surface area contributed by atoms with Gasteiger partial charge in [0.2, 0.25) is 0 Å². The molecule has 0 atom stereocenters. The van der Waals surface area contributed by atoms with Crippen LogP contribution in [0, 0.1) is 0 Å². The van der Waals surface area contributed by atoms with E-state index in [1.807, 2.05) is 0 Å². The Hall–Kier alpha value is -2.67. The molecule has 0 nitrogen and oxygen atoms in total. The van der Waals surface area contributed by atoms with E-state index >= 15 is 0 Å². The van der Waals surface area contributed by atoms with Crippen LogP contribution in [0.25, 0.3) is 21.5 Å². The highest BCUT2D eigenvalue weighted by atomic mass is 19.0. The Kier molecular flexibility index (Phi) is 5.05. The Balaban J connectivity index is 0.000000147. The predicted octanol–water partition coefficient (Wildman–Crippen LogP) is 5.83. The molecule has 4 rings (SSSR count). The van der Waals surface area contributed by atoms with Crippen LogP contribution in [0.2, 0.25) is 0 Å². The molecule has 0 aliphatic heterocycles. The molecule has 0 aliphatic rings. The molecular weight excluding hydrogens is 259 g/mol. The number of hydrogen-bond donors (Lipinski definition) is 0. The second-order valence-electron chi connectivity index (χ2n) is 4.69. The summed E-state index contributed by atoms with van der Waals surface area (Å²) in [4.78, 5) is 0. The minimum atomic E-state index is 0. The van der Waals surface area contributed by atoms with E-state index in [0.717, 1.165) is 0 Å². The smallest absolute Gasteiger partial charge is 0.0184 e. The van der Waals surface area contributed by atoms with Gasteiger partial charge in [0.25, 0.3) is 0 Å². The van der Waals surface area contributed by atoms with Gasteiger partial charge in [0.1, 0.15) is 0 Å². The normalized spacial score (nSPS) is 9.52. The van der Waals surface area contributed by atoms with E-state index in [9.17, 15) is 0 Å². The zero-order chi connectivity index (χ0) is 13.6. The molecule has 0 spiro atoms. The van der Waals surface area contributed by atoms with E-state index in [4.69, 9.17) is 0 Å². The molecule has 0 aliphatic carbocycles. The first-order chi connectivity index (χ1) is 9.93. The molecule has 0 radical (unpaired) electrons. The van der Waals surface area contributed by atoms with Crippen molar-refractivity contribution in [2.45, 2.75) is 0 Å². The van der Waals surface area contributed by atoms with Crippen molar-refractivity contribution in [2.24, 2.45) is 0 Å². The number of benzene rings is 4. The van der Waals surface area contributed by atoms with Crippen LogP contribution in [0.4, 0.5) is 4.70 Å². The molecule has 4 aromatic carbocycles. The fraction of sp³-hybridized carbons (Fsp3) is 0. The second kappa shape index (κ2) is 7.20. The number of hydrogen-bond acceptors (Lipinski definition) is 0. The Bertz CT molecular complexity index is 619. The van der Waals surface area contributed by atoms with E-state index in [2.05, 4.69) is 97.1 Å². The monoisotopic (exact) mass is 276 g/mol. The van der Waals surface area contributed by atoms with Gasteiger partial charge in [0.05, 0.1) is 0 Å². The third-order valence-electron chi connectivity index (χ3n) is 3.32. The van der Waals surface area contributed by atoms with Gasteiger partial charge in [0.15, 0.2) is 0 Å². The molecule has 0 unspecified atom stereocenters. The lowest BCUT2D eigenvalue weighted by Gasteiger charge is -1.92. The highest BCUT2D eigenvalue weighted by Gasteiger charge is 1.86. The maximum Gasteiger partial charge on any atom is -0.0184 e. The van der Waals surface area contributed by atoms with E-state index in [1.165, 1.54) is 21.5 Å². The van der Waals surface area contributed by atoms with Gasteiger partial charge in [-0.25, -0.2) is 0 Å². The van der Waals surface area contributed by atoms with Crippen LogP contribution in [0.1, 0.15) is 0 Å². The van der Waals surface area contributed by atoms with Crippen molar-refractivity contribution in [1.29, 1.82) is 0 Å². The van der Waals surface area contributed by atoms with Crippen LogP contribution >= 0.6 is 0 Å². The van der Waals surface area contributed by atoms with Gasteiger partial charge in [-0.2, -0.15) is 0 Å². The molecule has 1 heteroatoms. The number of rotatable bonds is 0. The lowest BCUT2D eigenvalue weighted by Crippen LogP contribution is -1.67. The molecule has 0 aromatic heterocycles. The zero-order valence-corrected chi connectivity index (χ0v) is 11.6. The minimum absolute atomic E-state index is 0. The molecule has 0 saturated heterocycles. The maximum atomic E-state index is 2.12. The van der Waals surface area contributed by atoms with Gasteiger partial charge in [-0.3, -0.25) is 4.70 Å². The molecule has 0 bridgehead atoms. The van der Waals surface area contributed by atoms with Crippen molar-refractivity contribution in [3.8, 4) is 0 Å². The fourth-order valence-corrected chi connectivity index (χ4v) is 2.27. The van der Waals surface area contributed by atoms with Crippen molar-refractivity contribution in [3.63, 3.8) is 0 Å². The average Bonchev–Trinajstić information content (AvgIpc) is 2.56. The first-order valence-corrected chi connectivity index (χ1v) is 6.81. The summed E-state index contributed by atoms with van der Waals surface area (Å²) in [5.74, 6) is 0. The van der Waals surface area contributed by atoms with Crippen molar-refractivity contribution in [1.82, 2.24) is 0 Å². The lowest BCUT2D eigenvalue weighted by molar-refractivity contribution is 1.11. The van der Waals surface area contributed by atoms with Crippen LogP contribution < -0.4 is 0 Å². The first kappa shape index (κ1) is 14.7. The highest BCUT2D eigenvalue weighted by Crippen LogP contribution is 2.11. The first-order valence-electron chi connectivity index (χ1n) is 6.81. The van der Waals surface area contributed by atoms with Gasteiger partial charge >= 0.3 is 0 Å². The van der Waals surface area contributed by atoms with E-state index in [0.29, 0.717) is 0 Å².